The van der Waals surface area contributed by atoms with Crippen molar-refractivity contribution in [2.45, 2.75) is 13.0 Å². The number of carbonyl (C=O) groups is 1. The number of esters is 1. The molecule has 0 fully saturated rings. The molecule has 1 aromatic rings. The zero-order chi connectivity index (χ0) is 14.4. The van der Waals surface area contributed by atoms with E-state index in [2.05, 4.69) is 6.58 Å². The second-order valence-corrected chi connectivity index (χ2v) is 3.71. The average molecular weight is 266 g/mol. The summed E-state index contributed by atoms with van der Waals surface area (Å²) >= 11 is 0. The first-order chi connectivity index (χ1) is 9.07. The summed E-state index contributed by atoms with van der Waals surface area (Å²) < 4.78 is 20.9. The number of rotatable bonds is 6. The van der Waals surface area contributed by atoms with Gasteiger partial charge in [0.1, 0.15) is 11.9 Å². The van der Waals surface area contributed by atoms with Crippen molar-refractivity contribution >= 4 is 5.97 Å². The van der Waals surface area contributed by atoms with E-state index in [0.29, 0.717) is 22.8 Å². The van der Waals surface area contributed by atoms with E-state index in [-0.39, 0.29) is 0 Å². The third kappa shape index (κ3) is 3.40. The van der Waals surface area contributed by atoms with E-state index >= 15 is 0 Å². The lowest BCUT2D eigenvalue weighted by atomic mass is 10.1. The van der Waals surface area contributed by atoms with Crippen LogP contribution < -0.4 is 14.2 Å². The molecule has 0 amide bonds. The molecule has 0 N–H and O–H groups in total. The number of ether oxygens (including phenoxy) is 4. The number of hydrogen-bond donors (Lipinski definition) is 0. The van der Waals surface area contributed by atoms with Gasteiger partial charge in [-0.25, -0.2) is 0 Å². The van der Waals surface area contributed by atoms with Gasteiger partial charge in [-0.3, -0.25) is 4.79 Å². The fourth-order valence-corrected chi connectivity index (χ4v) is 1.69. The smallest absolute Gasteiger partial charge is 0.303 e. The van der Waals surface area contributed by atoms with Gasteiger partial charge >= 0.3 is 5.97 Å². The lowest BCUT2D eigenvalue weighted by molar-refractivity contribution is -0.144. The van der Waals surface area contributed by atoms with Gasteiger partial charge in [0.2, 0.25) is 0 Å². The van der Waals surface area contributed by atoms with Crippen molar-refractivity contribution in [3.63, 3.8) is 0 Å². The van der Waals surface area contributed by atoms with Crippen molar-refractivity contribution in [1.82, 2.24) is 0 Å². The van der Waals surface area contributed by atoms with Gasteiger partial charge < -0.3 is 18.9 Å². The minimum absolute atomic E-state index is 0.401. The van der Waals surface area contributed by atoms with Crippen LogP contribution in [0.5, 0.6) is 17.2 Å². The number of carbonyl (C=O) groups excluding carboxylic acids is 1. The normalized spacial score (nSPS) is 11.4. The van der Waals surface area contributed by atoms with E-state index in [9.17, 15) is 4.79 Å². The van der Waals surface area contributed by atoms with Crippen molar-refractivity contribution in [2.75, 3.05) is 21.3 Å². The molecule has 1 atom stereocenters. The fraction of sp³-hybridized carbons (Fsp3) is 0.357. The summed E-state index contributed by atoms with van der Waals surface area (Å²) in [5.74, 6) is 1.19. The minimum Gasteiger partial charge on any atom is -0.496 e. The van der Waals surface area contributed by atoms with Crippen LogP contribution in [0.1, 0.15) is 18.6 Å². The van der Waals surface area contributed by atoms with E-state index in [0.717, 1.165) is 0 Å². The third-order valence-electron chi connectivity index (χ3n) is 2.55. The zero-order valence-electron chi connectivity index (χ0n) is 11.6. The van der Waals surface area contributed by atoms with Crippen LogP contribution in [-0.4, -0.2) is 27.3 Å². The van der Waals surface area contributed by atoms with Crippen LogP contribution in [0, 0.1) is 0 Å². The predicted molar refractivity (Wildman–Crippen MR) is 70.8 cm³/mol. The van der Waals surface area contributed by atoms with Gasteiger partial charge in [-0.15, -0.1) is 0 Å². The summed E-state index contributed by atoms with van der Waals surface area (Å²) in [6.45, 7) is 5.00. The van der Waals surface area contributed by atoms with Gasteiger partial charge in [0.25, 0.3) is 0 Å². The molecular weight excluding hydrogens is 248 g/mol. The van der Waals surface area contributed by atoms with Crippen LogP contribution in [-0.2, 0) is 9.53 Å². The molecule has 5 heteroatoms. The molecule has 0 heterocycles. The molecule has 104 valence electrons. The molecule has 0 spiro atoms. The second kappa shape index (κ2) is 6.68. The van der Waals surface area contributed by atoms with Gasteiger partial charge in [-0.2, -0.15) is 0 Å². The highest BCUT2D eigenvalue weighted by atomic mass is 16.5. The van der Waals surface area contributed by atoms with Crippen LogP contribution in [0.2, 0.25) is 0 Å². The maximum absolute atomic E-state index is 11.1. The zero-order valence-corrected chi connectivity index (χ0v) is 11.6. The van der Waals surface area contributed by atoms with Crippen LogP contribution in [0.15, 0.2) is 24.8 Å². The number of methoxy groups -OCH3 is 3. The molecule has 0 saturated carbocycles. The lowest BCUT2D eigenvalue weighted by Crippen LogP contribution is -2.08. The summed E-state index contributed by atoms with van der Waals surface area (Å²) in [7, 11) is 4.59. The van der Waals surface area contributed by atoms with E-state index in [1.165, 1.54) is 34.3 Å². The van der Waals surface area contributed by atoms with Crippen LogP contribution in [0.4, 0.5) is 0 Å². The Morgan fingerprint density at radius 1 is 1.11 bits per heavy atom. The average Bonchev–Trinajstić information content (AvgIpc) is 2.42. The lowest BCUT2D eigenvalue weighted by Gasteiger charge is -2.19. The topological polar surface area (TPSA) is 54.0 Å². The Hall–Kier alpha value is -2.17. The molecule has 0 aromatic heterocycles. The highest BCUT2D eigenvalue weighted by Crippen LogP contribution is 2.38. The Morgan fingerprint density at radius 3 is 2.05 bits per heavy atom. The number of hydrogen-bond acceptors (Lipinski definition) is 5. The Balaban J connectivity index is 3.30. The molecule has 1 aromatic carbocycles. The van der Waals surface area contributed by atoms with Gasteiger partial charge in [-0.05, 0) is 12.1 Å². The van der Waals surface area contributed by atoms with Gasteiger partial charge in [-0.1, -0.05) is 6.58 Å². The molecule has 0 aliphatic rings. The van der Waals surface area contributed by atoms with E-state index in [1.807, 2.05) is 0 Å². The summed E-state index contributed by atoms with van der Waals surface area (Å²) in [5.41, 5.74) is 0.644. The largest absolute Gasteiger partial charge is 0.496 e. The van der Waals surface area contributed by atoms with E-state index in [1.54, 1.807) is 12.1 Å². The highest BCUT2D eigenvalue weighted by Gasteiger charge is 2.19. The Bertz CT molecular complexity index is 467. The van der Waals surface area contributed by atoms with Crippen LogP contribution in [0.3, 0.4) is 0 Å². The third-order valence-corrected chi connectivity index (χ3v) is 2.55. The summed E-state index contributed by atoms with van der Waals surface area (Å²) in [6.07, 6.45) is 0.915. The minimum atomic E-state index is -0.604. The monoisotopic (exact) mass is 266 g/mol. The van der Waals surface area contributed by atoms with Crippen molar-refractivity contribution in [1.29, 1.82) is 0 Å². The summed E-state index contributed by atoms with van der Waals surface area (Å²) in [6, 6.07) is 3.38. The Morgan fingerprint density at radius 2 is 1.63 bits per heavy atom. The maximum atomic E-state index is 11.1. The fourth-order valence-electron chi connectivity index (χ4n) is 1.69. The Labute approximate surface area is 112 Å². The van der Waals surface area contributed by atoms with Crippen molar-refractivity contribution < 1.29 is 23.7 Å². The van der Waals surface area contributed by atoms with Crippen LogP contribution in [0.25, 0.3) is 0 Å². The molecule has 0 bridgehead atoms. The summed E-state index contributed by atoms with van der Waals surface area (Å²) in [4.78, 5) is 11.1. The van der Waals surface area contributed by atoms with Crippen molar-refractivity contribution in [2.24, 2.45) is 0 Å². The molecule has 1 rings (SSSR count). The van der Waals surface area contributed by atoms with Gasteiger partial charge in [0, 0.05) is 18.6 Å². The predicted octanol–water partition coefficient (Wildman–Crippen LogP) is 2.50. The Kier molecular flexibility index (Phi) is 5.23. The molecule has 1 unspecified atom stereocenters. The van der Waals surface area contributed by atoms with Gasteiger partial charge in [0.15, 0.2) is 11.5 Å². The SMILES string of the molecule is C=CC(OC(C)=O)c1cc(OC)c(OC)cc1OC. The van der Waals surface area contributed by atoms with Crippen molar-refractivity contribution in [3.05, 3.63) is 30.4 Å². The first-order valence-electron chi connectivity index (χ1n) is 5.67. The molecule has 19 heavy (non-hydrogen) atoms. The standard InChI is InChI=1S/C14H18O5/c1-6-11(19-9(2)15)10-7-13(17-4)14(18-5)8-12(10)16-3/h6-8,11H,1H2,2-5H3. The molecule has 5 nitrogen and oxygen atoms in total. The molecule has 0 aliphatic heterocycles. The quantitative estimate of drug-likeness (QED) is 0.585. The molecule has 0 saturated heterocycles. The first-order valence-corrected chi connectivity index (χ1v) is 5.67. The maximum Gasteiger partial charge on any atom is 0.303 e. The number of benzene rings is 1. The van der Waals surface area contributed by atoms with Gasteiger partial charge in [0.05, 0.1) is 21.3 Å². The first kappa shape index (κ1) is 14.9. The van der Waals surface area contributed by atoms with Crippen LogP contribution >= 0.6 is 0 Å². The molecular formula is C14H18O5. The molecule has 0 radical (unpaired) electrons. The summed E-state index contributed by atoms with van der Waals surface area (Å²) in [5, 5.41) is 0. The van der Waals surface area contributed by atoms with Crippen molar-refractivity contribution in [3.8, 4) is 17.2 Å². The van der Waals surface area contributed by atoms with E-state index in [4.69, 9.17) is 18.9 Å². The molecule has 0 aliphatic carbocycles. The second-order valence-electron chi connectivity index (χ2n) is 3.71. The highest BCUT2D eigenvalue weighted by molar-refractivity contribution is 5.67. The van der Waals surface area contributed by atoms with E-state index < -0.39 is 12.1 Å².